The van der Waals surface area contributed by atoms with E-state index in [0.717, 1.165) is 48.4 Å². The lowest BCUT2D eigenvalue weighted by atomic mass is 9.82. The largest absolute Gasteiger partial charge is 0.384 e. The summed E-state index contributed by atoms with van der Waals surface area (Å²) in [4.78, 5) is 12.4. The number of rotatable bonds is 2. The summed E-state index contributed by atoms with van der Waals surface area (Å²) in [7, 11) is 0. The minimum Gasteiger partial charge on any atom is -0.384 e. The molecule has 0 spiro atoms. The molecule has 3 heteroatoms. The van der Waals surface area contributed by atoms with Crippen LogP contribution in [0.2, 0.25) is 0 Å². The van der Waals surface area contributed by atoms with Gasteiger partial charge in [-0.25, -0.2) is 0 Å². The number of carbonyl (C=O) groups excluding carboxylic acids is 1. The number of hydrogen-bond acceptors (Lipinski definition) is 2. The van der Waals surface area contributed by atoms with Gasteiger partial charge in [-0.2, -0.15) is 0 Å². The van der Waals surface area contributed by atoms with Crippen LogP contribution in [0.25, 0.3) is 0 Å². The molecule has 0 atom stereocenters. The fourth-order valence-electron chi connectivity index (χ4n) is 2.76. The highest BCUT2D eigenvalue weighted by atomic mass is 16.2. The number of aryl methyl sites for hydroxylation is 1. The second-order valence-corrected chi connectivity index (χ2v) is 5.95. The van der Waals surface area contributed by atoms with E-state index in [2.05, 4.69) is 24.1 Å². The van der Waals surface area contributed by atoms with Crippen molar-refractivity contribution in [2.24, 2.45) is 11.8 Å². The van der Waals surface area contributed by atoms with E-state index in [1.165, 1.54) is 0 Å². The third-order valence-electron chi connectivity index (χ3n) is 4.12. The molecule has 0 radical (unpaired) electrons. The Hall–Kier alpha value is -1.79. The lowest BCUT2D eigenvalue weighted by Crippen LogP contribution is -2.26. The van der Waals surface area contributed by atoms with Crippen LogP contribution in [0.15, 0.2) is 18.2 Å². The Morgan fingerprint density at radius 2 is 2.05 bits per heavy atom. The van der Waals surface area contributed by atoms with E-state index in [1.807, 2.05) is 25.1 Å². The van der Waals surface area contributed by atoms with Gasteiger partial charge in [0.05, 0.1) is 5.69 Å². The number of hydrogen-bond donors (Lipinski definition) is 2. The Morgan fingerprint density at radius 1 is 1.33 bits per heavy atom. The van der Waals surface area contributed by atoms with E-state index in [0.29, 0.717) is 0 Å². The van der Waals surface area contributed by atoms with Crippen molar-refractivity contribution in [2.45, 2.75) is 39.5 Å². The summed E-state index contributed by atoms with van der Waals surface area (Å²) in [5.41, 5.74) is 2.59. The zero-order valence-corrected chi connectivity index (χ0v) is 12.8. The van der Waals surface area contributed by atoms with E-state index in [-0.39, 0.29) is 18.4 Å². The second-order valence-electron chi connectivity index (χ2n) is 5.95. The first-order chi connectivity index (χ1) is 10.1. The zero-order valence-electron chi connectivity index (χ0n) is 12.8. The molecule has 1 fully saturated rings. The first-order valence-corrected chi connectivity index (χ1v) is 7.61. The molecule has 112 valence electrons. The lowest BCUT2D eigenvalue weighted by Gasteiger charge is -2.25. The molecule has 0 unspecified atom stereocenters. The molecule has 0 heterocycles. The molecule has 0 bridgehead atoms. The van der Waals surface area contributed by atoms with Crippen LogP contribution in [0.1, 0.15) is 43.7 Å². The summed E-state index contributed by atoms with van der Waals surface area (Å²) in [5.74, 6) is 6.47. The van der Waals surface area contributed by atoms with Crippen LogP contribution in [0, 0.1) is 30.6 Å². The number of aliphatic hydroxyl groups excluding tert-OH is 1. The molecule has 1 aliphatic rings. The Labute approximate surface area is 126 Å². The maximum absolute atomic E-state index is 12.4. The second kappa shape index (κ2) is 7.28. The monoisotopic (exact) mass is 285 g/mol. The van der Waals surface area contributed by atoms with Crippen molar-refractivity contribution in [1.29, 1.82) is 0 Å². The summed E-state index contributed by atoms with van der Waals surface area (Å²) in [6.45, 7) is 4.06. The fourth-order valence-corrected chi connectivity index (χ4v) is 2.76. The molecular weight excluding hydrogens is 262 g/mol. The first kappa shape index (κ1) is 15.6. The highest BCUT2D eigenvalue weighted by Gasteiger charge is 2.24. The predicted octanol–water partition coefficient (Wildman–Crippen LogP) is 3.10. The van der Waals surface area contributed by atoms with Crippen molar-refractivity contribution in [1.82, 2.24) is 0 Å². The molecule has 0 saturated heterocycles. The molecule has 1 saturated carbocycles. The summed E-state index contributed by atoms with van der Waals surface area (Å²) >= 11 is 0. The van der Waals surface area contributed by atoms with Crippen molar-refractivity contribution >= 4 is 11.6 Å². The predicted molar refractivity (Wildman–Crippen MR) is 84.9 cm³/mol. The van der Waals surface area contributed by atoms with Gasteiger partial charge in [-0.3, -0.25) is 4.79 Å². The van der Waals surface area contributed by atoms with Gasteiger partial charge in [0.1, 0.15) is 6.61 Å². The molecule has 1 amide bonds. The topological polar surface area (TPSA) is 49.3 Å². The number of benzene rings is 1. The minimum absolute atomic E-state index is 0.0968. The van der Waals surface area contributed by atoms with Gasteiger partial charge in [0.15, 0.2) is 0 Å². The van der Waals surface area contributed by atoms with Crippen LogP contribution >= 0.6 is 0 Å². The van der Waals surface area contributed by atoms with Crippen LogP contribution in [0.4, 0.5) is 5.69 Å². The molecule has 1 aromatic carbocycles. The molecule has 0 aliphatic heterocycles. The Morgan fingerprint density at radius 3 is 2.71 bits per heavy atom. The highest BCUT2D eigenvalue weighted by molar-refractivity contribution is 5.94. The van der Waals surface area contributed by atoms with Gasteiger partial charge in [0.2, 0.25) is 5.91 Å². The van der Waals surface area contributed by atoms with Gasteiger partial charge in [0, 0.05) is 11.5 Å². The third-order valence-corrected chi connectivity index (χ3v) is 4.12. The summed E-state index contributed by atoms with van der Waals surface area (Å²) in [6, 6.07) is 5.78. The average Bonchev–Trinajstić information content (AvgIpc) is 2.47. The van der Waals surface area contributed by atoms with Crippen molar-refractivity contribution in [2.75, 3.05) is 11.9 Å². The summed E-state index contributed by atoms with van der Waals surface area (Å²) in [5, 5.41) is 11.8. The Balaban J connectivity index is 2.11. The van der Waals surface area contributed by atoms with Gasteiger partial charge in [-0.05, 0) is 56.2 Å². The van der Waals surface area contributed by atoms with E-state index >= 15 is 0 Å². The van der Waals surface area contributed by atoms with Gasteiger partial charge < -0.3 is 10.4 Å². The smallest absolute Gasteiger partial charge is 0.227 e. The number of nitrogens with one attached hydrogen (secondary N) is 1. The van der Waals surface area contributed by atoms with E-state index in [9.17, 15) is 4.79 Å². The molecule has 21 heavy (non-hydrogen) atoms. The Kier molecular flexibility index (Phi) is 5.41. The number of amides is 1. The molecule has 1 aromatic rings. The lowest BCUT2D eigenvalue weighted by molar-refractivity contribution is -0.121. The maximum Gasteiger partial charge on any atom is 0.227 e. The first-order valence-electron chi connectivity index (χ1n) is 7.61. The maximum atomic E-state index is 12.4. The van der Waals surface area contributed by atoms with Crippen molar-refractivity contribution in [3.05, 3.63) is 29.3 Å². The Bertz CT molecular complexity index is 560. The molecule has 3 nitrogen and oxygen atoms in total. The van der Waals surface area contributed by atoms with Crippen LogP contribution < -0.4 is 5.32 Å². The molecule has 2 rings (SSSR count). The van der Waals surface area contributed by atoms with Crippen molar-refractivity contribution in [3.63, 3.8) is 0 Å². The molecule has 1 aliphatic carbocycles. The third kappa shape index (κ3) is 4.34. The highest BCUT2D eigenvalue weighted by Crippen LogP contribution is 2.29. The molecule has 2 N–H and O–H groups in total. The summed E-state index contributed by atoms with van der Waals surface area (Å²) in [6.07, 6.45) is 4.19. The fraction of sp³-hybridized carbons (Fsp3) is 0.500. The van der Waals surface area contributed by atoms with Crippen LogP contribution in [-0.4, -0.2) is 17.6 Å². The van der Waals surface area contributed by atoms with E-state index < -0.39 is 0 Å². The van der Waals surface area contributed by atoms with Gasteiger partial charge in [0.25, 0.3) is 0 Å². The van der Waals surface area contributed by atoms with E-state index in [1.54, 1.807) is 0 Å². The van der Waals surface area contributed by atoms with Crippen molar-refractivity contribution in [3.8, 4) is 11.8 Å². The molecule has 0 aromatic heterocycles. The quantitative estimate of drug-likeness (QED) is 0.820. The van der Waals surface area contributed by atoms with E-state index in [4.69, 9.17) is 5.11 Å². The standard InChI is InChI=1S/C18H23NO2/c1-13-5-9-16(10-6-13)18(21)19-17-12-14(2)7-8-15(17)4-3-11-20/h7-8,12-13,16,20H,5-6,9-11H2,1-2H3,(H,19,21). The van der Waals surface area contributed by atoms with Crippen LogP contribution in [0.5, 0.6) is 0 Å². The number of anilines is 1. The molecular formula is C18H23NO2. The zero-order chi connectivity index (χ0) is 15.2. The van der Waals surface area contributed by atoms with Gasteiger partial charge >= 0.3 is 0 Å². The normalized spacial score (nSPS) is 21.3. The summed E-state index contributed by atoms with van der Waals surface area (Å²) < 4.78 is 0. The number of aliphatic hydroxyl groups is 1. The van der Waals surface area contributed by atoms with Crippen LogP contribution in [-0.2, 0) is 4.79 Å². The van der Waals surface area contributed by atoms with Crippen LogP contribution in [0.3, 0.4) is 0 Å². The average molecular weight is 285 g/mol. The van der Waals surface area contributed by atoms with Gasteiger partial charge in [-0.1, -0.05) is 24.8 Å². The SMILES string of the molecule is Cc1ccc(C#CCO)c(NC(=O)C2CCC(C)CC2)c1. The van der Waals surface area contributed by atoms with Gasteiger partial charge in [-0.15, -0.1) is 0 Å². The van der Waals surface area contributed by atoms with Crippen molar-refractivity contribution < 1.29 is 9.90 Å². The number of carbonyl (C=O) groups is 1. The minimum atomic E-state index is -0.179.